The van der Waals surface area contributed by atoms with E-state index in [1.165, 1.54) is 30.1 Å². The molecule has 8 nitrogen and oxygen atoms in total. The molecule has 0 aromatic heterocycles. The first-order valence-corrected chi connectivity index (χ1v) is 20.0. The fourth-order valence-electron chi connectivity index (χ4n) is 9.10. The first-order valence-electron chi connectivity index (χ1n) is 20.0. The van der Waals surface area contributed by atoms with Crippen molar-refractivity contribution in [2.75, 3.05) is 26.2 Å². The van der Waals surface area contributed by atoms with Crippen molar-refractivity contribution in [3.8, 4) is 11.1 Å². The van der Waals surface area contributed by atoms with Gasteiger partial charge in [-0.25, -0.2) is 0 Å². The Hall–Kier alpha value is -4.95. The van der Waals surface area contributed by atoms with Crippen molar-refractivity contribution < 1.29 is 14.4 Å². The molecule has 3 saturated heterocycles. The van der Waals surface area contributed by atoms with Gasteiger partial charge in [-0.1, -0.05) is 85.3 Å². The molecule has 0 N–H and O–H groups in total. The Kier molecular flexibility index (Phi) is 10.8. The molecule has 3 fully saturated rings. The van der Waals surface area contributed by atoms with Crippen LogP contribution in [0.5, 0.6) is 0 Å². The van der Waals surface area contributed by atoms with Crippen LogP contribution in [0.25, 0.3) is 22.3 Å². The molecule has 2 amide bonds. The normalized spacial score (nSPS) is 22.2. The summed E-state index contributed by atoms with van der Waals surface area (Å²) >= 11 is 0. The molecule has 54 heavy (non-hydrogen) atoms. The van der Waals surface area contributed by atoms with Crippen molar-refractivity contribution in [2.45, 2.75) is 95.7 Å². The Bertz CT molecular complexity index is 1990. The summed E-state index contributed by atoms with van der Waals surface area (Å²) in [6.45, 7) is 5.01. The number of hydrogen-bond donors (Lipinski definition) is 0. The van der Waals surface area contributed by atoms with Crippen LogP contribution in [0, 0.1) is 0 Å². The standard InChI is InChI=1S/C46H51N5O3/c1-32(52)14-23-44(53)50-26-8-12-42(50)40-28-38(30-47-40)35-19-15-33(16-20-35)34-17-21-36(22-18-34)39-29-41(48-31-39)43-13-9-27-51(43)46(54)45(37-10-4-2-5-11-37)49-24-6-3-7-25-49/h2,4-5,10-11,15-22,30-31,42-43,45H,3,6-9,12-14,23-29H2,1H3/t42-,43-,45+/m0/s1. The highest BCUT2D eigenvalue weighted by Crippen LogP contribution is 2.35. The van der Waals surface area contributed by atoms with E-state index in [9.17, 15) is 14.4 Å². The zero-order valence-electron chi connectivity index (χ0n) is 31.5. The summed E-state index contributed by atoms with van der Waals surface area (Å²) in [5.74, 6) is 0.338. The molecular weight excluding hydrogens is 671 g/mol. The van der Waals surface area contributed by atoms with E-state index in [0.717, 1.165) is 111 Å². The molecule has 0 aliphatic carbocycles. The van der Waals surface area contributed by atoms with Gasteiger partial charge in [-0.2, -0.15) is 0 Å². The third-order valence-electron chi connectivity index (χ3n) is 12.0. The summed E-state index contributed by atoms with van der Waals surface area (Å²) in [4.78, 5) is 54.8. The summed E-state index contributed by atoms with van der Waals surface area (Å²) in [7, 11) is 0. The molecule has 8 rings (SSSR count). The van der Waals surface area contributed by atoms with Gasteiger partial charge in [0.05, 0.1) is 12.1 Å². The number of hydrogen-bond acceptors (Lipinski definition) is 6. The number of nitrogens with zero attached hydrogens (tertiary/aromatic N) is 5. The number of likely N-dealkylation sites (tertiary alicyclic amines) is 3. The highest BCUT2D eigenvalue weighted by Gasteiger charge is 2.40. The first kappa shape index (κ1) is 36.0. The summed E-state index contributed by atoms with van der Waals surface area (Å²) in [6.07, 6.45) is 13.5. The minimum Gasteiger partial charge on any atom is -0.334 e. The van der Waals surface area contributed by atoms with Crippen LogP contribution in [0.1, 0.15) is 100 Å². The van der Waals surface area contributed by atoms with Gasteiger partial charge in [-0.3, -0.25) is 24.5 Å². The molecular formula is C46H51N5O3. The van der Waals surface area contributed by atoms with E-state index in [0.29, 0.717) is 6.42 Å². The number of Topliss-reactive ketones (excluding diaryl/α,β-unsaturated/α-hetero) is 1. The second kappa shape index (κ2) is 16.2. The Morgan fingerprint density at radius 2 is 1.13 bits per heavy atom. The predicted octanol–water partition coefficient (Wildman–Crippen LogP) is 8.30. The van der Waals surface area contributed by atoms with E-state index in [2.05, 4.69) is 82.6 Å². The van der Waals surface area contributed by atoms with E-state index in [1.54, 1.807) is 0 Å². The van der Waals surface area contributed by atoms with Crippen molar-refractivity contribution in [3.63, 3.8) is 0 Å². The zero-order valence-corrected chi connectivity index (χ0v) is 31.5. The SMILES string of the molecule is CC(=O)CCC(=O)N1CCC[C@H]1C1=NC=C(c2ccc(-c3ccc(C4=CN=C([C@@H]5CCCN5C(=O)[C@@H](c5ccccc5)N5CCCCC5)C4)cc3)cc2)C1. The quantitative estimate of drug-likeness (QED) is 0.200. The molecule has 3 aromatic rings. The first-order chi connectivity index (χ1) is 26.4. The van der Waals surface area contributed by atoms with E-state index in [1.807, 2.05) is 23.4 Å². The van der Waals surface area contributed by atoms with Crippen molar-refractivity contribution >= 4 is 40.2 Å². The van der Waals surface area contributed by atoms with Crippen LogP contribution in [0.15, 0.2) is 101 Å². The molecule has 5 heterocycles. The molecule has 3 atom stereocenters. The lowest BCUT2D eigenvalue weighted by molar-refractivity contribution is -0.137. The molecule has 5 aliphatic rings. The van der Waals surface area contributed by atoms with Gasteiger partial charge >= 0.3 is 0 Å². The number of rotatable bonds is 11. The Morgan fingerprint density at radius 3 is 1.69 bits per heavy atom. The molecule has 278 valence electrons. The summed E-state index contributed by atoms with van der Waals surface area (Å²) < 4.78 is 0. The minimum atomic E-state index is -0.228. The Balaban J connectivity index is 0.874. The Morgan fingerprint density at radius 1 is 0.611 bits per heavy atom. The molecule has 0 unspecified atom stereocenters. The molecule has 3 aromatic carbocycles. The zero-order chi connectivity index (χ0) is 37.0. The number of carbonyl (C=O) groups excluding carboxylic acids is 3. The smallest absolute Gasteiger partial charge is 0.245 e. The van der Waals surface area contributed by atoms with Crippen LogP contribution < -0.4 is 0 Å². The lowest BCUT2D eigenvalue weighted by Crippen LogP contribution is -2.48. The van der Waals surface area contributed by atoms with Gasteiger partial charge in [0.2, 0.25) is 11.8 Å². The van der Waals surface area contributed by atoms with Gasteiger partial charge in [-0.05, 0) is 97.5 Å². The summed E-state index contributed by atoms with van der Waals surface area (Å²) in [6, 6.07) is 27.6. The lowest BCUT2D eigenvalue weighted by atomic mass is 9.94. The van der Waals surface area contributed by atoms with Gasteiger partial charge in [0.15, 0.2) is 0 Å². The number of allylic oxidation sites excluding steroid dienone is 2. The lowest BCUT2D eigenvalue weighted by Gasteiger charge is -2.37. The van der Waals surface area contributed by atoms with Gasteiger partial charge in [0.1, 0.15) is 11.8 Å². The fourth-order valence-corrected chi connectivity index (χ4v) is 9.10. The number of ketones is 1. The average Bonchev–Trinajstić information content (AvgIpc) is 4.05. The van der Waals surface area contributed by atoms with Crippen LogP contribution in [0.3, 0.4) is 0 Å². The van der Waals surface area contributed by atoms with Crippen molar-refractivity contribution in [1.29, 1.82) is 0 Å². The molecule has 0 spiro atoms. The van der Waals surface area contributed by atoms with Gasteiger partial charge in [0, 0.05) is 62.6 Å². The maximum Gasteiger partial charge on any atom is 0.245 e. The monoisotopic (exact) mass is 721 g/mol. The molecule has 0 saturated carbocycles. The molecule has 5 aliphatic heterocycles. The molecule has 0 bridgehead atoms. The number of piperidine rings is 1. The van der Waals surface area contributed by atoms with Crippen LogP contribution >= 0.6 is 0 Å². The van der Waals surface area contributed by atoms with E-state index in [4.69, 9.17) is 9.98 Å². The maximum absolute atomic E-state index is 14.4. The number of aliphatic imine (C=N–C) groups is 2. The van der Waals surface area contributed by atoms with Crippen molar-refractivity contribution in [3.05, 3.63) is 108 Å². The second-order valence-corrected chi connectivity index (χ2v) is 15.6. The second-order valence-electron chi connectivity index (χ2n) is 15.6. The number of carbonyl (C=O) groups is 3. The third-order valence-corrected chi connectivity index (χ3v) is 12.0. The average molecular weight is 722 g/mol. The van der Waals surface area contributed by atoms with E-state index in [-0.39, 0.29) is 42.1 Å². The minimum absolute atomic E-state index is 0.0310. The predicted molar refractivity (Wildman–Crippen MR) is 216 cm³/mol. The van der Waals surface area contributed by atoms with Crippen molar-refractivity contribution in [2.24, 2.45) is 9.98 Å². The van der Waals surface area contributed by atoms with Gasteiger partial charge < -0.3 is 14.6 Å². The highest BCUT2D eigenvalue weighted by molar-refractivity contribution is 6.04. The van der Waals surface area contributed by atoms with Gasteiger partial charge in [0.25, 0.3) is 0 Å². The van der Waals surface area contributed by atoms with Crippen molar-refractivity contribution in [1.82, 2.24) is 14.7 Å². The summed E-state index contributed by atoms with van der Waals surface area (Å²) in [5, 5.41) is 0. The van der Waals surface area contributed by atoms with Crippen LogP contribution in [-0.4, -0.2) is 82.0 Å². The molecule has 8 heteroatoms. The highest BCUT2D eigenvalue weighted by atomic mass is 16.2. The number of benzene rings is 3. The van der Waals surface area contributed by atoms with E-state index < -0.39 is 0 Å². The van der Waals surface area contributed by atoms with Crippen LogP contribution in [0.2, 0.25) is 0 Å². The Labute approximate surface area is 319 Å². The van der Waals surface area contributed by atoms with Crippen LogP contribution in [0.4, 0.5) is 0 Å². The number of amides is 2. The molecule has 0 radical (unpaired) electrons. The van der Waals surface area contributed by atoms with E-state index >= 15 is 0 Å². The third kappa shape index (κ3) is 7.67. The fraction of sp³-hybridized carbons (Fsp3) is 0.413. The maximum atomic E-state index is 14.4. The summed E-state index contributed by atoms with van der Waals surface area (Å²) in [5.41, 5.74) is 10.2. The van der Waals surface area contributed by atoms with Crippen LogP contribution in [-0.2, 0) is 14.4 Å². The topological polar surface area (TPSA) is 85.6 Å². The van der Waals surface area contributed by atoms with Gasteiger partial charge in [-0.15, -0.1) is 0 Å². The largest absolute Gasteiger partial charge is 0.334 e.